The first-order valence-corrected chi connectivity index (χ1v) is 10.3. The van der Waals surface area contributed by atoms with Gasteiger partial charge < -0.3 is 4.74 Å². The number of ether oxygens (including phenoxy) is 1. The quantitative estimate of drug-likeness (QED) is 0.387. The van der Waals surface area contributed by atoms with Crippen LogP contribution < -0.4 is 10.1 Å². The van der Waals surface area contributed by atoms with Crippen LogP contribution in [0.5, 0.6) is 5.75 Å². The molecule has 31 heavy (non-hydrogen) atoms. The minimum absolute atomic E-state index is 0.257. The molecule has 1 aliphatic heterocycles. The second kappa shape index (κ2) is 9.25. The summed E-state index contributed by atoms with van der Waals surface area (Å²) in [4.78, 5) is 26.1. The summed E-state index contributed by atoms with van der Waals surface area (Å²) in [6.45, 7) is 0.645. The highest BCUT2D eigenvalue weighted by atomic mass is 35.5. The molecule has 3 amide bonds. The predicted octanol–water partition coefficient (Wildman–Crippen LogP) is 5.67. The number of halogens is 2. The monoisotopic (exact) mass is 452 g/mol. The van der Waals surface area contributed by atoms with Crippen LogP contribution in [0.2, 0.25) is 10.0 Å². The lowest BCUT2D eigenvalue weighted by atomic mass is 10.1. The van der Waals surface area contributed by atoms with E-state index in [1.54, 1.807) is 18.2 Å². The zero-order valence-electron chi connectivity index (χ0n) is 16.3. The van der Waals surface area contributed by atoms with E-state index in [2.05, 4.69) is 5.32 Å². The number of nitrogens with one attached hydrogen (secondary N) is 1. The summed E-state index contributed by atoms with van der Waals surface area (Å²) < 4.78 is 5.85. The number of hydrogen-bond donors (Lipinski definition) is 1. The maximum absolute atomic E-state index is 12.4. The van der Waals surface area contributed by atoms with Crippen molar-refractivity contribution >= 4 is 41.2 Å². The average molecular weight is 453 g/mol. The zero-order valence-corrected chi connectivity index (χ0v) is 17.9. The normalized spacial score (nSPS) is 14.8. The summed E-state index contributed by atoms with van der Waals surface area (Å²) in [5, 5.41) is 3.63. The van der Waals surface area contributed by atoms with Crippen LogP contribution >= 0.6 is 23.2 Å². The fraction of sp³-hybridized carbons (Fsp3) is 0.0833. The Morgan fingerprint density at radius 2 is 1.52 bits per heavy atom. The molecular weight excluding hydrogens is 435 g/mol. The first kappa shape index (κ1) is 21.0. The van der Waals surface area contributed by atoms with E-state index in [0.717, 1.165) is 16.7 Å². The largest absolute Gasteiger partial charge is 0.489 e. The van der Waals surface area contributed by atoms with Gasteiger partial charge in [0.15, 0.2) is 0 Å². The van der Waals surface area contributed by atoms with E-state index in [-0.39, 0.29) is 12.2 Å². The summed E-state index contributed by atoms with van der Waals surface area (Å²) in [6.07, 6.45) is 1.67. The Morgan fingerprint density at radius 1 is 0.871 bits per heavy atom. The molecule has 0 aliphatic carbocycles. The van der Waals surface area contributed by atoms with Crippen molar-refractivity contribution in [2.45, 2.75) is 13.2 Å². The number of benzene rings is 3. The van der Waals surface area contributed by atoms with Crippen molar-refractivity contribution in [3.8, 4) is 5.75 Å². The Morgan fingerprint density at radius 3 is 2.19 bits per heavy atom. The molecule has 1 aliphatic rings. The summed E-state index contributed by atoms with van der Waals surface area (Å²) in [5.74, 6) is 0.213. The lowest BCUT2D eigenvalue weighted by Gasteiger charge is -2.15. The van der Waals surface area contributed by atoms with Gasteiger partial charge in [0.25, 0.3) is 5.91 Å². The van der Waals surface area contributed by atoms with Crippen molar-refractivity contribution in [3.05, 3.63) is 105 Å². The van der Waals surface area contributed by atoms with Crippen LogP contribution in [0.3, 0.4) is 0 Å². The van der Waals surface area contributed by atoms with Crippen LogP contribution in [-0.2, 0) is 17.9 Å². The SMILES string of the molecule is O=C1NC(=O)N(Cc2ccc(Cl)cc2)/C1=C/c1cccc(OCc2ccc(Cl)cc2)c1. The van der Waals surface area contributed by atoms with Gasteiger partial charge in [-0.05, 0) is 59.2 Å². The Kier molecular flexibility index (Phi) is 6.26. The van der Waals surface area contributed by atoms with Gasteiger partial charge in [-0.3, -0.25) is 15.0 Å². The van der Waals surface area contributed by atoms with Crippen LogP contribution in [0.1, 0.15) is 16.7 Å². The molecule has 1 fully saturated rings. The maximum Gasteiger partial charge on any atom is 0.329 e. The smallest absolute Gasteiger partial charge is 0.329 e. The Balaban J connectivity index is 1.52. The molecule has 0 saturated carbocycles. The van der Waals surface area contributed by atoms with Crippen molar-refractivity contribution in [1.82, 2.24) is 10.2 Å². The second-order valence-electron chi connectivity index (χ2n) is 6.99. The first-order chi connectivity index (χ1) is 15.0. The Bertz CT molecular complexity index is 1140. The van der Waals surface area contributed by atoms with Gasteiger partial charge in [-0.25, -0.2) is 4.79 Å². The highest BCUT2D eigenvalue weighted by Gasteiger charge is 2.32. The molecule has 0 aromatic heterocycles. The summed E-state index contributed by atoms with van der Waals surface area (Å²) in [5.41, 5.74) is 2.87. The second-order valence-corrected chi connectivity index (χ2v) is 7.86. The van der Waals surface area contributed by atoms with Crippen LogP contribution in [0.25, 0.3) is 6.08 Å². The fourth-order valence-electron chi connectivity index (χ4n) is 3.13. The van der Waals surface area contributed by atoms with Crippen LogP contribution in [0, 0.1) is 0 Å². The molecule has 5 nitrogen and oxygen atoms in total. The number of carbonyl (C=O) groups is 2. The Hall–Kier alpha value is -3.28. The molecule has 1 saturated heterocycles. The molecule has 1 N–H and O–H groups in total. The number of nitrogens with zero attached hydrogens (tertiary/aromatic N) is 1. The van der Waals surface area contributed by atoms with Crippen LogP contribution in [0.4, 0.5) is 4.79 Å². The Labute approximate surface area is 189 Å². The van der Waals surface area contributed by atoms with E-state index in [0.29, 0.717) is 22.4 Å². The number of hydrogen-bond acceptors (Lipinski definition) is 3. The van der Waals surface area contributed by atoms with E-state index in [1.165, 1.54) is 4.90 Å². The van der Waals surface area contributed by atoms with Crippen LogP contribution in [0.15, 0.2) is 78.5 Å². The molecule has 3 aromatic rings. The molecule has 7 heteroatoms. The lowest BCUT2D eigenvalue weighted by molar-refractivity contribution is -0.116. The predicted molar refractivity (Wildman–Crippen MR) is 121 cm³/mol. The van der Waals surface area contributed by atoms with E-state index in [1.807, 2.05) is 60.7 Å². The molecule has 0 radical (unpaired) electrons. The van der Waals surface area contributed by atoms with E-state index >= 15 is 0 Å². The molecule has 156 valence electrons. The maximum atomic E-state index is 12.4. The third-order valence-electron chi connectivity index (χ3n) is 4.72. The molecule has 4 rings (SSSR count). The van der Waals surface area contributed by atoms with Crippen molar-refractivity contribution < 1.29 is 14.3 Å². The topological polar surface area (TPSA) is 58.6 Å². The fourth-order valence-corrected chi connectivity index (χ4v) is 3.38. The van der Waals surface area contributed by atoms with Gasteiger partial charge in [0.1, 0.15) is 18.1 Å². The van der Waals surface area contributed by atoms with Crippen molar-refractivity contribution in [2.24, 2.45) is 0 Å². The molecule has 3 aromatic carbocycles. The molecule has 0 atom stereocenters. The van der Waals surface area contributed by atoms with Crippen LogP contribution in [-0.4, -0.2) is 16.8 Å². The van der Waals surface area contributed by atoms with Gasteiger partial charge >= 0.3 is 6.03 Å². The molecule has 0 unspecified atom stereocenters. The molecule has 1 heterocycles. The summed E-state index contributed by atoms with van der Waals surface area (Å²) >= 11 is 11.8. The highest BCUT2D eigenvalue weighted by Crippen LogP contribution is 2.23. The highest BCUT2D eigenvalue weighted by molar-refractivity contribution is 6.30. The van der Waals surface area contributed by atoms with Gasteiger partial charge in [-0.1, -0.05) is 59.6 Å². The minimum atomic E-state index is -0.457. The van der Waals surface area contributed by atoms with Crippen molar-refractivity contribution in [2.75, 3.05) is 0 Å². The first-order valence-electron chi connectivity index (χ1n) is 9.54. The van der Waals surface area contributed by atoms with Gasteiger partial charge in [0.05, 0.1) is 6.54 Å². The average Bonchev–Trinajstić information content (AvgIpc) is 3.02. The molecule has 0 spiro atoms. The van der Waals surface area contributed by atoms with Gasteiger partial charge in [0, 0.05) is 10.0 Å². The third-order valence-corrected chi connectivity index (χ3v) is 5.23. The van der Waals surface area contributed by atoms with Gasteiger partial charge in [-0.15, -0.1) is 0 Å². The number of imide groups is 1. The third kappa shape index (κ3) is 5.26. The number of carbonyl (C=O) groups excluding carboxylic acids is 2. The molecule has 0 bridgehead atoms. The number of urea groups is 1. The van der Waals surface area contributed by atoms with E-state index in [4.69, 9.17) is 27.9 Å². The van der Waals surface area contributed by atoms with E-state index < -0.39 is 11.9 Å². The van der Waals surface area contributed by atoms with Gasteiger partial charge in [-0.2, -0.15) is 0 Å². The standard InChI is InChI=1S/C24H18Cl2N2O3/c25-19-8-4-16(5-9-19)14-28-22(23(29)27-24(28)30)13-18-2-1-3-21(12-18)31-15-17-6-10-20(26)11-7-17/h1-13H,14-15H2,(H,27,29,30)/b22-13+. The van der Waals surface area contributed by atoms with E-state index in [9.17, 15) is 9.59 Å². The van der Waals surface area contributed by atoms with Gasteiger partial charge in [0.2, 0.25) is 0 Å². The molecular formula is C24H18Cl2N2O3. The minimum Gasteiger partial charge on any atom is -0.489 e. The number of amides is 3. The van der Waals surface area contributed by atoms with Crippen molar-refractivity contribution in [1.29, 1.82) is 0 Å². The van der Waals surface area contributed by atoms with Crippen molar-refractivity contribution in [3.63, 3.8) is 0 Å². The number of rotatable bonds is 6. The lowest BCUT2D eigenvalue weighted by Crippen LogP contribution is -2.27. The zero-order chi connectivity index (χ0) is 21.8. The summed E-state index contributed by atoms with van der Waals surface area (Å²) in [6, 6.07) is 21.4. The summed E-state index contributed by atoms with van der Waals surface area (Å²) in [7, 11) is 0.